The van der Waals surface area contributed by atoms with Crippen LogP contribution in [0.5, 0.6) is 0 Å². The minimum atomic E-state index is -5.40. The molecule has 0 saturated heterocycles. The van der Waals surface area contributed by atoms with Crippen molar-refractivity contribution in [3.8, 4) is 0 Å². The van der Waals surface area contributed by atoms with E-state index in [0.29, 0.717) is 0 Å². The van der Waals surface area contributed by atoms with E-state index in [1.54, 1.807) is 0 Å². The highest BCUT2D eigenvalue weighted by Gasteiger charge is 2.03. The van der Waals surface area contributed by atoms with Crippen molar-refractivity contribution in [1.82, 2.24) is 0 Å². The number of hydrogen-bond acceptors (Lipinski definition) is 0. The van der Waals surface area contributed by atoms with E-state index in [4.69, 9.17) is 16.4 Å². The Morgan fingerprint density at radius 1 is 2.00 bits per heavy atom. The van der Waals surface area contributed by atoms with Crippen LogP contribution in [0, 0.1) is 0 Å². The second-order valence-electron chi connectivity index (χ2n) is 0.875. The van der Waals surface area contributed by atoms with Crippen LogP contribution in [0.25, 0.3) is 0 Å². The number of hydrogen-bond donors (Lipinski definition) is 0. The summed E-state index contributed by atoms with van der Waals surface area (Å²) in [6.07, 6.45) is 0. The van der Waals surface area contributed by atoms with E-state index in [2.05, 4.69) is 0 Å². The first kappa shape index (κ1) is 0.509. The van der Waals surface area contributed by atoms with Crippen molar-refractivity contribution in [1.29, 1.82) is 0 Å². The summed E-state index contributed by atoms with van der Waals surface area (Å²) in [6.45, 7) is -11.7. The zero-order chi connectivity index (χ0) is 15.2. The van der Waals surface area contributed by atoms with Crippen molar-refractivity contribution < 1.29 is 16.4 Å². The highest BCUT2D eigenvalue weighted by molar-refractivity contribution is 6.80. The van der Waals surface area contributed by atoms with Crippen molar-refractivity contribution in [3.05, 3.63) is 12.2 Å². The van der Waals surface area contributed by atoms with Gasteiger partial charge in [-0.15, -0.1) is 12.2 Å². The third-order valence-electron chi connectivity index (χ3n) is 0.188. The first-order valence-corrected chi connectivity index (χ1v) is 3.25. The molecular formula is C5H12Si. The van der Waals surface area contributed by atoms with Gasteiger partial charge in [-0.2, -0.15) is 0 Å². The zero-order valence-corrected chi connectivity index (χ0v) is 4.00. The Balaban J connectivity index is 6.58. The molecule has 0 rings (SSSR count). The van der Waals surface area contributed by atoms with Crippen molar-refractivity contribution in [3.63, 3.8) is 0 Å². The fraction of sp³-hybridized carbons (Fsp3) is 0.600. The molecule has 0 aromatic rings. The van der Waals surface area contributed by atoms with Gasteiger partial charge in [-0.1, -0.05) is 19.4 Å². The lowest BCUT2D eigenvalue weighted by molar-refractivity contribution is 1.78. The third kappa shape index (κ3) is 3.96. The van der Waals surface area contributed by atoms with E-state index in [1.807, 2.05) is 0 Å². The Morgan fingerprint density at radius 2 is 2.67 bits per heavy atom. The van der Waals surface area contributed by atoms with Crippen molar-refractivity contribution in [2.45, 2.75) is 19.4 Å². The average molecular weight is 112 g/mol. The minimum Gasteiger partial charge on any atom is -0.107 e. The summed E-state index contributed by atoms with van der Waals surface area (Å²) >= 11 is 0. The summed E-state index contributed by atoms with van der Waals surface area (Å²) in [4.78, 5) is 0. The Labute approximate surface area is 57.8 Å². The van der Waals surface area contributed by atoms with Gasteiger partial charge in [0.15, 0.2) is 0 Å². The van der Waals surface area contributed by atoms with Crippen LogP contribution < -0.4 is 0 Å². The average Bonchev–Trinajstić information content (AvgIpc) is 1.94. The lowest BCUT2D eigenvalue weighted by atomic mass is 11.3. The maximum Gasteiger partial charge on any atom is 0.0679 e. The van der Waals surface area contributed by atoms with Gasteiger partial charge >= 0.3 is 0 Å². The van der Waals surface area contributed by atoms with Crippen molar-refractivity contribution in [2.75, 3.05) is 0 Å². The second kappa shape index (κ2) is 1.60. The summed E-state index contributed by atoms with van der Waals surface area (Å²) in [5, 5.41) is 0. The zero-order valence-electron chi connectivity index (χ0n) is 15.0. The molecule has 0 aromatic heterocycles. The van der Waals surface area contributed by atoms with Gasteiger partial charge in [0.05, 0.1) is 12.2 Å². The van der Waals surface area contributed by atoms with E-state index >= 15 is 0 Å². The topological polar surface area (TPSA) is 0 Å². The van der Waals surface area contributed by atoms with Crippen LogP contribution >= 0.6 is 0 Å². The first-order valence-electron chi connectivity index (χ1n) is 7.25. The summed E-state index contributed by atoms with van der Waals surface area (Å²) < 4.78 is 86.3. The van der Waals surface area contributed by atoms with Gasteiger partial charge in [0.25, 0.3) is 0 Å². The van der Waals surface area contributed by atoms with Crippen LogP contribution in [0.3, 0.4) is 0 Å². The largest absolute Gasteiger partial charge is 0.107 e. The highest BCUT2D eigenvalue weighted by atomic mass is 28.3. The molecule has 0 aromatic carbocycles. The molecule has 36 valence electrons. The van der Waals surface area contributed by atoms with Gasteiger partial charge in [-0.05, 0) is 0 Å². The van der Waals surface area contributed by atoms with Crippen LogP contribution in [0.15, 0.2) is 12.2 Å². The SMILES string of the molecule is [2H]C([2H])=C([2H])[Si](C([2H])([2H])[2H])(C([2H])([2H])[2H])C([2H])([2H])[2H]. The molecule has 0 heterocycles. The molecule has 0 atom stereocenters. The molecule has 0 saturated carbocycles. The Bertz CT molecular complexity index is 301. The molecule has 0 N–H and O–H groups in total. The molecular weight excluding hydrogens is 88.1 g/mol. The van der Waals surface area contributed by atoms with E-state index < -0.39 is 39.7 Å². The lowest BCUT2D eigenvalue weighted by Gasteiger charge is -2.04. The van der Waals surface area contributed by atoms with E-state index in [9.17, 15) is 0 Å². The van der Waals surface area contributed by atoms with E-state index in [1.165, 1.54) is 0 Å². The highest BCUT2D eigenvalue weighted by Crippen LogP contribution is 1.98. The Hall–Kier alpha value is -0.0431. The fourth-order valence-electron chi connectivity index (χ4n) is 0. The van der Waals surface area contributed by atoms with Crippen LogP contribution in [0.4, 0.5) is 0 Å². The first-order chi connectivity index (χ1) is 7.60. The monoisotopic (exact) mass is 112 g/mol. The second-order valence-corrected chi connectivity index (χ2v) is 2.62. The normalized spacial score (nSPS) is 46.0. The van der Waals surface area contributed by atoms with Gasteiger partial charge in [-0.25, -0.2) is 0 Å². The lowest BCUT2D eigenvalue weighted by Crippen LogP contribution is -2.14. The third-order valence-corrected chi connectivity index (χ3v) is 0.562. The fourth-order valence-corrected chi connectivity index (χ4v) is 0. The maximum atomic E-state index is 7.39. The predicted molar refractivity (Wildman–Crippen MR) is 33.5 cm³/mol. The predicted octanol–water partition coefficient (Wildman–Crippen LogP) is 2.05. The van der Waals surface area contributed by atoms with Gasteiger partial charge in [0.1, 0.15) is 0 Å². The summed E-state index contributed by atoms with van der Waals surface area (Å²) in [5.41, 5.74) is -1.40. The molecule has 0 unspecified atom stereocenters. The molecule has 0 aliphatic carbocycles. The molecule has 1 heteroatoms. The van der Waals surface area contributed by atoms with Crippen molar-refractivity contribution in [2.24, 2.45) is 0 Å². The smallest absolute Gasteiger partial charge is 0.0679 e. The molecule has 6 heavy (non-hydrogen) atoms. The maximum absolute atomic E-state index is 7.39. The molecule has 0 aliphatic heterocycles. The molecule has 0 amide bonds. The minimum absolute atomic E-state index is 1.38. The molecule has 0 nitrogen and oxygen atoms in total. The quantitative estimate of drug-likeness (QED) is 0.455. The Morgan fingerprint density at radius 3 is 2.83 bits per heavy atom. The molecule has 0 bridgehead atoms. The summed E-state index contributed by atoms with van der Waals surface area (Å²) in [5.74, 6) is 0. The summed E-state index contributed by atoms with van der Waals surface area (Å²) in [6, 6.07) is 0. The van der Waals surface area contributed by atoms with Gasteiger partial charge in [0.2, 0.25) is 0 Å². The van der Waals surface area contributed by atoms with Gasteiger partial charge in [0, 0.05) is 12.3 Å². The van der Waals surface area contributed by atoms with E-state index in [-0.39, 0.29) is 0 Å². The van der Waals surface area contributed by atoms with Crippen LogP contribution in [0.1, 0.15) is 16.4 Å². The number of rotatable bonds is 1. The van der Waals surface area contributed by atoms with Gasteiger partial charge in [-0.3, -0.25) is 0 Å². The van der Waals surface area contributed by atoms with Crippen LogP contribution in [-0.4, -0.2) is 8.07 Å². The Kier molecular flexibility index (Phi) is 0.136. The standard InChI is InChI=1S/C5H12Si/c1-5-6(2,3)4/h5H,1H2,2-4H3/i1D2,2D3,3D3,4D3,5D. The van der Waals surface area contributed by atoms with E-state index in [0.717, 1.165) is 0 Å². The van der Waals surface area contributed by atoms with Crippen LogP contribution in [0.2, 0.25) is 19.4 Å². The molecule has 0 fully saturated rings. The molecule has 0 radical (unpaired) electrons. The van der Waals surface area contributed by atoms with Gasteiger partial charge < -0.3 is 0 Å². The van der Waals surface area contributed by atoms with Crippen LogP contribution in [-0.2, 0) is 0 Å². The van der Waals surface area contributed by atoms with Crippen molar-refractivity contribution >= 4 is 8.07 Å². The molecule has 0 aliphatic rings. The molecule has 0 spiro atoms. The summed E-state index contributed by atoms with van der Waals surface area (Å²) in [7, 11) is -5.40.